The molecular formula is C19H31N3S. The molecular weight excluding hydrogens is 302 g/mol. The van der Waals surface area contributed by atoms with E-state index in [0.717, 1.165) is 12.5 Å². The highest BCUT2D eigenvalue weighted by Crippen LogP contribution is 2.34. The Bertz CT molecular complexity index is 499. The first-order chi connectivity index (χ1) is 11.2. The predicted octanol–water partition coefficient (Wildman–Crippen LogP) is 3.02. The lowest BCUT2D eigenvalue weighted by Gasteiger charge is -2.39. The molecule has 4 heteroatoms. The highest BCUT2D eigenvalue weighted by molar-refractivity contribution is 7.98. The van der Waals surface area contributed by atoms with Gasteiger partial charge in [-0.1, -0.05) is 24.3 Å². The van der Waals surface area contributed by atoms with Gasteiger partial charge >= 0.3 is 0 Å². The number of hydrazine groups is 1. The molecule has 3 rings (SSSR count). The van der Waals surface area contributed by atoms with Gasteiger partial charge in [0.2, 0.25) is 0 Å². The van der Waals surface area contributed by atoms with Gasteiger partial charge in [0, 0.05) is 30.3 Å². The van der Waals surface area contributed by atoms with Crippen LogP contribution in [-0.2, 0) is 0 Å². The summed E-state index contributed by atoms with van der Waals surface area (Å²) in [6.07, 6.45) is 4.85. The second-order valence-electron chi connectivity index (χ2n) is 7.19. The maximum Gasteiger partial charge on any atom is 0.0323 e. The average Bonchev–Trinajstić information content (AvgIpc) is 3.05. The van der Waals surface area contributed by atoms with Gasteiger partial charge < -0.3 is 0 Å². The van der Waals surface area contributed by atoms with E-state index < -0.39 is 0 Å². The van der Waals surface area contributed by atoms with Gasteiger partial charge in [0.1, 0.15) is 0 Å². The number of hydrogen-bond acceptors (Lipinski definition) is 4. The minimum Gasteiger partial charge on any atom is -0.300 e. The number of nitrogens with one attached hydrogen (secondary N) is 2. The molecule has 2 heterocycles. The van der Waals surface area contributed by atoms with Crippen LogP contribution in [0, 0.1) is 12.8 Å². The molecule has 0 bridgehead atoms. The van der Waals surface area contributed by atoms with Crippen molar-refractivity contribution in [1.29, 1.82) is 0 Å². The molecule has 2 saturated heterocycles. The average molecular weight is 334 g/mol. The summed E-state index contributed by atoms with van der Waals surface area (Å²) in [5.41, 5.74) is 9.98. The van der Waals surface area contributed by atoms with Gasteiger partial charge in [0.25, 0.3) is 0 Å². The molecule has 0 saturated carbocycles. The summed E-state index contributed by atoms with van der Waals surface area (Å²) in [4.78, 5) is 2.68. The van der Waals surface area contributed by atoms with E-state index in [4.69, 9.17) is 0 Å². The highest BCUT2D eigenvalue weighted by Gasteiger charge is 2.37. The minimum absolute atomic E-state index is 0.578. The molecule has 0 aromatic heterocycles. The second kappa shape index (κ2) is 8.02. The van der Waals surface area contributed by atoms with Crippen molar-refractivity contribution in [2.24, 2.45) is 5.92 Å². The maximum absolute atomic E-state index is 3.60. The smallest absolute Gasteiger partial charge is 0.0323 e. The summed E-state index contributed by atoms with van der Waals surface area (Å²) in [6, 6.07) is 10.2. The number of nitrogens with zero attached hydrogens (tertiary/aromatic N) is 1. The van der Waals surface area contributed by atoms with Crippen LogP contribution in [0.4, 0.5) is 0 Å². The number of piperidine rings is 1. The maximum atomic E-state index is 3.60. The van der Waals surface area contributed by atoms with Gasteiger partial charge in [-0.3, -0.25) is 15.8 Å². The molecule has 3 atom stereocenters. The largest absolute Gasteiger partial charge is 0.300 e. The Hall–Kier alpha value is -0.550. The zero-order chi connectivity index (χ0) is 16.2. The Morgan fingerprint density at radius 3 is 2.70 bits per heavy atom. The number of thioether (sulfide) groups is 1. The Kier molecular flexibility index (Phi) is 6.02. The van der Waals surface area contributed by atoms with Gasteiger partial charge in [-0.15, -0.1) is 0 Å². The van der Waals surface area contributed by atoms with Crippen molar-refractivity contribution < 1.29 is 0 Å². The molecule has 0 spiro atoms. The molecule has 3 nitrogen and oxygen atoms in total. The van der Waals surface area contributed by atoms with E-state index in [2.05, 4.69) is 60.1 Å². The first-order valence-corrected chi connectivity index (χ1v) is 10.4. The summed E-state index contributed by atoms with van der Waals surface area (Å²) in [5, 5.41) is 0. The fraction of sp³-hybridized carbons (Fsp3) is 0.684. The van der Waals surface area contributed by atoms with Gasteiger partial charge in [0.05, 0.1) is 0 Å². The number of benzene rings is 1. The molecule has 2 N–H and O–H groups in total. The molecule has 2 aliphatic rings. The first kappa shape index (κ1) is 17.3. The van der Waals surface area contributed by atoms with Crippen LogP contribution in [0.5, 0.6) is 0 Å². The fourth-order valence-corrected chi connectivity index (χ4v) is 5.03. The van der Waals surface area contributed by atoms with E-state index in [1.54, 1.807) is 0 Å². The highest BCUT2D eigenvalue weighted by atomic mass is 32.2. The Morgan fingerprint density at radius 2 is 2.00 bits per heavy atom. The van der Waals surface area contributed by atoms with E-state index in [-0.39, 0.29) is 0 Å². The predicted molar refractivity (Wildman–Crippen MR) is 101 cm³/mol. The molecule has 1 aromatic rings. The lowest BCUT2D eigenvalue weighted by molar-refractivity contribution is 0.131. The van der Waals surface area contributed by atoms with Gasteiger partial charge in [-0.05, 0) is 63.1 Å². The first-order valence-electron chi connectivity index (χ1n) is 8.97. The van der Waals surface area contributed by atoms with Gasteiger partial charge in [-0.2, -0.15) is 11.8 Å². The van der Waals surface area contributed by atoms with Crippen LogP contribution in [0.1, 0.15) is 36.8 Å². The van der Waals surface area contributed by atoms with Crippen LogP contribution in [0.15, 0.2) is 24.3 Å². The number of likely N-dealkylation sites (tertiary alicyclic amines) is 1. The van der Waals surface area contributed by atoms with E-state index >= 15 is 0 Å². The normalized spacial score (nSPS) is 28.1. The van der Waals surface area contributed by atoms with Crippen molar-refractivity contribution in [3.05, 3.63) is 35.4 Å². The van der Waals surface area contributed by atoms with E-state index in [1.807, 2.05) is 11.8 Å². The quantitative estimate of drug-likeness (QED) is 0.866. The SMILES string of the molecule is CSCC(C)N1CCC(C2NNCC2c2ccccc2C)CC1. The summed E-state index contributed by atoms with van der Waals surface area (Å²) < 4.78 is 0. The van der Waals surface area contributed by atoms with Crippen molar-refractivity contribution >= 4 is 11.8 Å². The summed E-state index contributed by atoms with van der Waals surface area (Å²) >= 11 is 1.96. The van der Waals surface area contributed by atoms with Crippen molar-refractivity contribution in [3.63, 3.8) is 0 Å². The third-order valence-corrected chi connectivity index (χ3v) is 6.54. The third kappa shape index (κ3) is 3.93. The molecule has 2 aliphatic heterocycles. The minimum atomic E-state index is 0.578. The van der Waals surface area contributed by atoms with Crippen LogP contribution >= 0.6 is 11.8 Å². The molecule has 3 unspecified atom stereocenters. The zero-order valence-corrected chi connectivity index (χ0v) is 15.5. The van der Waals surface area contributed by atoms with Gasteiger partial charge in [0.15, 0.2) is 0 Å². The Morgan fingerprint density at radius 1 is 1.26 bits per heavy atom. The topological polar surface area (TPSA) is 27.3 Å². The summed E-state index contributed by atoms with van der Waals surface area (Å²) in [5.74, 6) is 2.64. The van der Waals surface area contributed by atoms with Crippen molar-refractivity contribution in [2.45, 2.75) is 44.7 Å². The zero-order valence-electron chi connectivity index (χ0n) is 14.7. The van der Waals surface area contributed by atoms with Crippen LogP contribution in [0.2, 0.25) is 0 Å². The number of rotatable bonds is 5. The molecule has 23 heavy (non-hydrogen) atoms. The summed E-state index contributed by atoms with van der Waals surface area (Å²) in [7, 11) is 0. The van der Waals surface area contributed by atoms with Crippen LogP contribution in [0.3, 0.4) is 0 Å². The van der Waals surface area contributed by atoms with Gasteiger partial charge in [-0.25, -0.2) is 0 Å². The van der Waals surface area contributed by atoms with Crippen LogP contribution in [0.25, 0.3) is 0 Å². The monoisotopic (exact) mass is 333 g/mol. The van der Waals surface area contributed by atoms with Crippen LogP contribution in [-0.4, -0.2) is 48.6 Å². The van der Waals surface area contributed by atoms with Crippen LogP contribution < -0.4 is 10.9 Å². The molecule has 2 fully saturated rings. The Labute approximate surface area is 145 Å². The standard InChI is InChI=1S/C19H31N3S/c1-14-6-4-5-7-17(14)18-12-20-21-19(18)16-8-10-22(11-9-16)15(2)13-23-3/h4-7,15-16,18-21H,8-13H2,1-3H3. The molecule has 128 valence electrons. The number of hydrogen-bond donors (Lipinski definition) is 2. The van der Waals surface area contributed by atoms with E-state index in [9.17, 15) is 0 Å². The summed E-state index contributed by atoms with van der Waals surface area (Å²) in [6.45, 7) is 8.19. The molecule has 1 aromatic carbocycles. The lowest BCUT2D eigenvalue weighted by Crippen LogP contribution is -2.47. The van der Waals surface area contributed by atoms with E-state index in [0.29, 0.717) is 18.0 Å². The fourth-order valence-electron chi connectivity index (χ4n) is 4.33. The number of aryl methyl sites for hydroxylation is 1. The molecule has 0 radical (unpaired) electrons. The van der Waals surface area contributed by atoms with Crippen molar-refractivity contribution in [2.75, 3.05) is 31.6 Å². The van der Waals surface area contributed by atoms with Crippen molar-refractivity contribution in [3.8, 4) is 0 Å². The van der Waals surface area contributed by atoms with E-state index in [1.165, 1.54) is 42.8 Å². The Balaban J connectivity index is 1.62. The third-order valence-electron chi connectivity index (χ3n) is 5.73. The second-order valence-corrected chi connectivity index (χ2v) is 8.10. The lowest BCUT2D eigenvalue weighted by atomic mass is 9.79. The van der Waals surface area contributed by atoms with Crippen molar-refractivity contribution in [1.82, 2.24) is 15.8 Å². The molecule has 0 amide bonds. The molecule has 0 aliphatic carbocycles.